The fourth-order valence-corrected chi connectivity index (χ4v) is 7.17. The number of benzene rings is 2. The molecule has 2 saturated heterocycles. The predicted octanol–water partition coefficient (Wildman–Crippen LogP) is 5.30. The van der Waals surface area contributed by atoms with Gasteiger partial charge in [0.05, 0.1) is 0 Å². The van der Waals surface area contributed by atoms with Crippen LogP contribution in [0.15, 0.2) is 60.7 Å². The molecular formula is C28H36N2O. The number of carbonyl (C=O) groups is 1. The largest absolute Gasteiger partial charge is 0.337 e. The van der Waals surface area contributed by atoms with Gasteiger partial charge in [0.1, 0.15) is 0 Å². The second-order valence-electron chi connectivity index (χ2n) is 10.1. The standard InChI is InChI=1S/C28H36N2O/c1-29(21-23-12-6-3-7-13-23)26-16-18-28-17-9-19-30(28)27(31)15-8-14-25(28)24(26)20-22-10-4-2-5-11-22/h2-7,10-13,24-26H,8-9,14-21H2,1H3/t24-,25+,26-,28-/m1/s1. The van der Waals surface area contributed by atoms with Gasteiger partial charge in [0.15, 0.2) is 0 Å². The summed E-state index contributed by atoms with van der Waals surface area (Å²) < 4.78 is 0. The van der Waals surface area contributed by atoms with E-state index in [1.165, 1.54) is 43.2 Å². The summed E-state index contributed by atoms with van der Waals surface area (Å²) in [6, 6.07) is 22.5. The molecule has 1 saturated carbocycles. The Hall–Kier alpha value is -2.13. The SMILES string of the molecule is CN(Cc1ccccc1)[C@@H]1CC[C@@]23CCCN2C(=O)CCC[C@H]3[C@H]1Cc1ccccc1. The molecule has 1 aliphatic carbocycles. The Labute approximate surface area is 187 Å². The van der Waals surface area contributed by atoms with Gasteiger partial charge in [-0.25, -0.2) is 0 Å². The lowest BCUT2D eigenvalue weighted by atomic mass is 9.60. The molecule has 1 amide bonds. The first-order chi connectivity index (χ1) is 15.2. The van der Waals surface area contributed by atoms with Crippen molar-refractivity contribution in [1.82, 2.24) is 9.80 Å². The van der Waals surface area contributed by atoms with E-state index in [2.05, 4.69) is 77.5 Å². The minimum Gasteiger partial charge on any atom is -0.337 e. The Morgan fingerprint density at radius 1 is 0.935 bits per heavy atom. The summed E-state index contributed by atoms with van der Waals surface area (Å²) in [5, 5.41) is 0. The van der Waals surface area contributed by atoms with Crippen LogP contribution in [0.4, 0.5) is 0 Å². The monoisotopic (exact) mass is 416 g/mol. The van der Waals surface area contributed by atoms with Crippen LogP contribution in [0.25, 0.3) is 0 Å². The minimum absolute atomic E-state index is 0.122. The maximum absolute atomic E-state index is 13.0. The molecule has 2 aromatic rings. The fourth-order valence-electron chi connectivity index (χ4n) is 7.17. The second-order valence-corrected chi connectivity index (χ2v) is 10.1. The van der Waals surface area contributed by atoms with Gasteiger partial charge in [-0.05, 0) is 75.0 Å². The highest BCUT2D eigenvalue weighted by molar-refractivity contribution is 5.78. The Bertz CT molecular complexity index is 882. The Morgan fingerprint density at radius 3 is 2.39 bits per heavy atom. The second kappa shape index (κ2) is 8.78. The van der Waals surface area contributed by atoms with Crippen LogP contribution >= 0.6 is 0 Å². The van der Waals surface area contributed by atoms with Gasteiger partial charge in [-0.3, -0.25) is 9.69 Å². The molecule has 164 valence electrons. The maximum Gasteiger partial charge on any atom is 0.223 e. The fraction of sp³-hybridized carbons (Fsp3) is 0.536. The lowest BCUT2D eigenvalue weighted by molar-refractivity contribution is -0.139. The smallest absolute Gasteiger partial charge is 0.223 e. The summed E-state index contributed by atoms with van der Waals surface area (Å²) >= 11 is 0. The van der Waals surface area contributed by atoms with Crippen LogP contribution in [0.2, 0.25) is 0 Å². The molecule has 2 aromatic carbocycles. The average molecular weight is 417 g/mol. The van der Waals surface area contributed by atoms with Crippen LogP contribution in [0.1, 0.15) is 56.1 Å². The van der Waals surface area contributed by atoms with Gasteiger partial charge in [0, 0.05) is 31.1 Å². The van der Waals surface area contributed by atoms with E-state index >= 15 is 0 Å². The van der Waals surface area contributed by atoms with Crippen molar-refractivity contribution in [2.24, 2.45) is 11.8 Å². The molecule has 0 radical (unpaired) electrons. The lowest BCUT2D eigenvalue weighted by Gasteiger charge is -2.54. The van der Waals surface area contributed by atoms with Crippen LogP contribution in [0, 0.1) is 11.8 Å². The van der Waals surface area contributed by atoms with Gasteiger partial charge in [-0.1, -0.05) is 60.7 Å². The molecule has 31 heavy (non-hydrogen) atoms. The summed E-state index contributed by atoms with van der Waals surface area (Å²) in [4.78, 5) is 17.9. The van der Waals surface area contributed by atoms with E-state index in [4.69, 9.17) is 0 Å². The zero-order chi connectivity index (χ0) is 21.3. The third-order valence-electron chi connectivity index (χ3n) is 8.47. The summed E-state index contributed by atoms with van der Waals surface area (Å²) in [5.74, 6) is 1.63. The molecule has 0 aromatic heterocycles. The quantitative estimate of drug-likeness (QED) is 0.660. The van der Waals surface area contributed by atoms with Crippen molar-refractivity contribution in [3.63, 3.8) is 0 Å². The summed E-state index contributed by atoms with van der Waals surface area (Å²) in [7, 11) is 2.32. The molecule has 0 bridgehead atoms. The van der Waals surface area contributed by atoms with Crippen molar-refractivity contribution >= 4 is 5.91 Å². The number of hydrogen-bond acceptors (Lipinski definition) is 2. The molecule has 0 N–H and O–H groups in total. The molecule has 4 atom stereocenters. The van der Waals surface area contributed by atoms with E-state index in [-0.39, 0.29) is 5.54 Å². The maximum atomic E-state index is 13.0. The third-order valence-corrected chi connectivity index (χ3v) is 8.47. The molecule has 3 heteroatoms. The van der Waals surface area contributed by atoms with E-state index in [1.807, 2.05) is 0 Å². The van der Waals surface area contributed by atoms with Crippen molar-refractivity contribution in [3.8, 4) is 0 Å². The first-order valence-electron chi connectivity index (χ1n) is 12.3. The number of amides is 1. The number of rotatable bonds is 5. The van der Waals surface area contributed by atoms with Crippen LogP contribution in [0.5, 0.6) is 0 Å². The Balaban J connectivity index is 1.47. The first kappa shape index (κ1) is 20.8. The molecule has 3 aliphatic rings. The van der Waals surface area contributed by atoms with E-state index in [0.29, 0.717) is 23.8 Å². The van der Waals surface area contributed by atoms with E-state index in [1.54, 1.807) is 0 Å². The summed E-state index contributed by atoms with van der Waals surface area (Å²) in [6.07, 6.45) is 8.91. The molecule has 2 aliphatic heterocycles. The van der Waals surface area contributed by atoms with Crippen LogP contribution < -0.4 is 0 Å². The van der Waals surface area contributed by atoms with Crippen LogP contribution in [0.3, 0.4) is 0 Å². The zero-order valence-electron chi connectivity index (χ0n) is 18.9. The molecule has 5 rings (SSSR count). The van der Waals surface area contributed by atoms with Crippen LogP contribution in [-0.4, -0.2) is 40.9 Å². The van der Waals surface area contributed by atoms with Gasteiger partial charge < -0.3 is 4.90 Å². The topological polar surface area (TPSA) is 23.6 Å². The Morgan fingerprint density at radius 2 is 1.65 bits per heavy atom. The van der Waals surface area contributed by atoms with Crippen molar-refractivity contribution in [1.29, 1.82) is 0 Å². The van der Waals surface area contributed by atoms with Crippen molar-refractivity contribution in [3.05, 3.63) is 71.8 Å². The van der Waals surface area contributed by atoms with E-state index in [0.717, 1.165) is 32.4 Å². The van der Waals surface area contributed by atoms with Gasteiger partial charge >= 0.3 is 0 Å². The van der Waals surface area contributed by atoms with Gasteiger partial charge in [0.2, 0.25) is 5.91 Å². The van der Waals surface area contributed by atoms with Gasteiger partial charge in [0.25, 0.3) is 0 Å². The molecule has 3 fully saturated rings. The highest BCUT2D eigenvalue weighted by atomic mass is 16.2. The molecular weight excluding hydrogens is 380 g/mol. The van der Waals surface area contributed by atoms with Crippen molar-refractivity contribution < 1.29 is 4.79 Å². The predicted molar refractivity (Wildman–Crippen MR) is 126 cm³/mol. The van der Waals surface area contributed by atoms with E-state index < -0.39 is 0 Å². The van der Waals surface area contributed by atoms with E-state index in [9.17, 15) is 4.79 Å². The average Bonchev–Trinajstić information content (AvgIpc) is 3.15. The number of nitrogens with zero attached hydrogens (tertiary/aromatic N) is 2. The summed E-state index contributed by atoms with van der Waals surface area (Å²) in [5.41, 5.74) is 2.96. The highest BCUT2D eigenvalue weighted by Gasteiger charge is 2.56. The molecule has 0 unspecified atom stereocenters. The molecule has 3 nitrogen and oxygen atoms in total. The van der Waals surface area contributed by atoms with Crippen molar-refractivity contribution in [2.45, 2.75) is 69.5 Å². The molecule has 2 heterocycles. The zero-order valence-corrected chi connectivity index (χ0v) is 18.9. The minimum atomic E-state index is 0.122. The first-order valence-corrected chi connectivity index (χ1v) is 12.3. The third kappa shape index (κ3) is 3.93. The van der Waals surface area contributed by atoms with Gasteiger partial charge in [-0.2, -0.15) is 0 Å². The normalized spacial score (nSPS) is 30.7. The number of hydrogen-bond donors (Lipinski definition) is 0. The summed E-state index contributed by atoms with van der Waals surface area (Å²) in [6.45, 7) is 1.98. The lowest BCUT2D eigenvalue weighted by Crippen LogP contribution is -2.60. The van der Waals surface area contributed by atoms with Crippen molar-refractivity contribution in [2.75, 3.05) is 13.6 Å². The van der Waals surface area contributed by atoms with Crippen LogP contribution in [-0.2, 0) is 17.8 Å². The van der Waals surface area contributed by atoms with Gasteiger partial charge in [-0.15, -0.1) is 0 Å². The Kier molecular flexibility index (Phi) is 5.88. The highest BCUT2D eigenvalue weighted by Crippen LogP contribution is 2.53. The number of carbonyl (C=O) groups excluding carboxylic acids is 1. The molecule has 1 spiro atoms.